The number of carbonyl (C=O) groups excluding carboxylic acids is 3. The smallest absolute Gasteiger partial charge is 0.287 e. The third-order valence-electron chi connectivity index (χ3n) is 5.54. The zero-order chi connectivity index (χ0) is 19.4. The molecule has 2 aliphatic rings. The normalized spacial score (nSPS) is 19.4. The fourth-order valence-corrected chi connectivity index (χ4v) is 3.87. The third-order valence-corrected chi connectivity index (χ3v) is 5.54. The van der Waals surface area contributed by atoms with Gasteiger partial charge in [0.25, 0.3) is 5.91 Å². The molecule has 0 spiro atoms. The van der Waals surface area contributed by atoms with Gasteiger partial charge in [-0.2, -0.15) is 0 Å². The highest BCUT2D eigenvalue weighted by molar-refractivity contribution is 5.95. The van der Waals surface area contributed by atoms with Crippen molar-refractivity contribution < 1.29 is 18.8 Å². The first-order chi connectivity index (χ1) is 13.0. The minimum atomic E-state index is -0.603. The fraction of sp³-hybridized carbons (Fsp3) is 0.650. The van der Waals surface area contributed by atoms with Gasteiger partial charge in [-0.25, -0.2) is 0 Å². The Hall–Kier alpha value is -2.31. The number of furan rings is 1. The van der Waals surface area contributed by atoms with Crippen molar-refractivity contribution in [3.63, 3.8) is 0 Å². The quantitative estimate of drug-likeness (QED) is 0.852. The molecule has 1 N–H and O–H groups in total. The predicted molar refractivity (Wildman–Crippen MR) is 99.9 cm³/mol. The number of nitrogens with one attached hydrogen (secondary N) is 1. The van der Waals surface area contributed by atoms with Gasteiger partial charge >= 0.3 is 0 Å². The van der Waals surface area contributed by atoms with E-state index in [1.807, 2.05) is 18.7 Å². The minimum absolute atomic E-state index is 0.0161. The maximum Gasteiger partial charge on any atom is 0.287 e. The Morgan fingerprint density at radius 2 is 1.74 bits per heavy atom. The summed E-state index contributed by atoms with van der Waals surface area (Å²) in [5.41, 5.74) is 0. The van der Waals surface area contributed by atoms with Gasteiger partial charge in [0.1, 0.15) is 6.04 Å². The van der Waals surface area contributed by atoms with E-state index in [2.05, 4.69) is 5.32 Å². The second-order valence-electron chi connectivity index (χ2n) is 7.80. The Kier molecular flexibility index (Phi) is 6.19. The number of hydrogen-bond donors (Lipinski definition) is 1. The molecule has 7 heteroatoms. The van der Waals surface area contributed by atoms with E-state index in [1.165, 1.54) is 6.26 Å². The molecule has 2 fully saturated rings. The van der Waals surface area contributed by atoms with E-state index >= 15 is 0 Å². The Balaban J connectivity index is 1.55. The lowest BCUT2D eigenvalue weighted by Gasteiger charge is -2.36. The van der Waals surface area contributed by atoms with Crippen LogP contribution in [0.2, 0.25) is 0 Å². The van der Waals surface area contributed by atoms with Crippen LogP contribution in [0.25, 0.3) is 0 Å². The zero-order valence-electron chi connectivity index (χ0n) is 16.1. The molecule has 148 valence electrons. The van der Waals surface area contributed by atoms with Crippen LogP contribution in [0.1, 0.15) is 50.1 Å². The second-order valence-corrected chi connectivity index (χ2v) is 7.80. The van der Waals surface area contributed by atoms with E-state index in [9.17, 15) is 14.4 Å². The van der Waals surface area contributed by atoms with E-state index in [0.717, 1.165) is 25.9 Å². The van der Waals surface area contributed by atoms with Gasteiger partial charge in [-0.1, -0.05) is 13.8 Å². The van der Waals surface area contributed by atoms with E-state index < -0.39 is 6.04 Å². The van der Waals surface area contributed by atoms with Gasteiger partial charge in [0.15, 0.2) is 5.76 Å². The van der Waals surface area contributed by atoms with Gasteiger partial charge in [0, 0.05) is 32.1 Å². The minimum Gasteiger partial charge on any atom is -0.459 e. The molecule has 3 rings (SSSR count). The standard InChI is InChI=1S/C20H29N3O4/c1-14(2)17(21-18(24)16-6-5-13-27-16)20(26)23-11-7-15(8-12-23)19(25)22-9-3-4-10-22/h5-6,13-15,17H,3-4,7-12H2,1-2H3,(H,21,24). The lowest BCUT2D eigenvalue weighted by molar-refractivity contribution is -0.141. The van der Waals surface area contributed by atoms with Crippen molar-refractivity contribution >= 4 is 17.7 Å². The molecule has 3 heterocycles. The molecule has 1 aromatic heterocycles. The summed E-state index contributed by atoms with van der Waals surface area (Å²) < 4.78 is 5.11. The maximum absolute atomic E-state index is 13.0. The average molecular weight is 375 g/mol. The van der Waals surface area contributed by atoms with Crippen molar-refractivity contribution in [2.45, 2.75) is 45.6 Å². The summed E-state index contributed by atoms with van der Waals surface area (Å²) in [7, 11) is 0. The van der Waals surface area contributed by atoms with Gasteiger partial charge in [-0.05, 0) is 43.7 Å². The predicted octanol–water partition coefficient (Wildman–Crippen LogP) is 1.89. The first kappa shape index (κ1) is 19.5. The third kappa shape index (κ3) is 4.51. The number of nitrogens with zero attached hydrogens (tertiary/aromatic N) is 2. The Bertz CT molecular complexity index is 657. The SMILES string of the molecule is CC(C)C(NC(=O)c1ccco1)C(=O)N1CCC(C(=O)N2CCCC2)CC1. The number of likely N-dealkylation sites (tertiary alicyclic amines) is 2. The first-order valence-corrected chi connectivity index (χ1v) is 9.89. The van der Waals surface area contributed by atoms with Gasteiger partial charge in [-0.3, -0.25) is 14.4 Å². The van der Waals surface area contributed by atoms with E-state index in [-0.39, 0.29) is 35.3 Å². The topological polar surface area (TPSA) is 82.9 Å². The van der Waals surface area contributed by atoms with Crippen LogP contribution in [0.5, 0.6) is 0 Å². The molecule has 2 aliphatic heterocycles. The molecule has 0 radical (unpaired) electrons. The fourth-order valence-electron chi connectivity index (χ4n) is 3.87. The molecule has 0 aliphatic carbocycles. The maximum atomic E-state index is 13.0. The van der Waals surface area contributed by atoms with Gasteiger partial charge in [-0.15, -0.1) is 0 Å². The van der Waals surface area contributed by atoms with Crippen molar-refractivity contribution in [3.8, 4) is 0 Å². The van der Waals surface area contributed by atoms with Crippen molar-refractivity contribution in [3.05, 3.63) is 24.2 Å². The number of carbonyl (C=O) groups is 3. The molecular formula is C20H29N3O4. The molecule has 0 aromatic carbocycles. The summed E-state index contributed by atoms with van der Waals surface area (Å²) in [6.45, 7) is 6.67. The number of hydrogen-bond acceptors (Lipinski definition) is 4. The van der Waals surface area contributed by atoms with Gasteiger partial charge in [0.2, 0.25) is 11.8 Å². The molecule has 0 saturated carbocycles. The molecule has 3 amide bonds. The lowest BCUT2D eigenvalue weighted by Crippen LogP contribution is -2.53. The van der Waals surface area contributed by atoms with Crippen LogP contribution >= 0.6 is 0 Å². The van der Waals surface area contributed by atoms with Crippen LogP contribution in [-0.4, -0.2) is 59.7 Å². The number of piperidine rings is 1. The van der Waals surface area contributed by atoms with Crippen LogP contribution < -0.4 is 5.32 Å². The van der Waals surface area contributed by atoms with Crippen molar-refractivity contribution in [1.82, 2.24) is 15.1 Å². The van der Waals surface area contributed by atoms with Gasteiger partial charge < -0.3 is 19.5 Å². The zero-order valence-corrected chi connectivity index (χ0v) is 16.1. The van der Waals surface area contributed by atoms with Crippen LogP contribution in [0.4, 0.5) is 0 Å². The number of amides is 3. The first-order valence-electron chi connectivity index (χ1n) is 9.89. The second kappa shape index (κ2) is 8.59. The number of rotatable bonds is 5. The Morgan fingerprint density at radius 1 is 1.07 bits per heavy atom. The highest BCUT2D eigenvalue weighted by Gasteiger charge is 2.35. The summed E-state index contributed by atoms with van der Waals surface area (Å²) in [6.07, 6.45) is 5.00. The average Bonchev–Trinajstić information content (AvgIpc) is 3.38. The van der Waals surface area contributed by atoms with Crippen molar-refractivity contribution in [2.75, 3.05) is 26.2 Å². The van der Waals surface area contributed by atoms with Crippen LogP contribution in [0.3, 0.4) is 0 Å². The molecule has 1 aromatic rings. The van der Waals surface area contributed by atoms with Crippen molar-refractivity contribution in [1.29, 1.82) is 0 Å². The van der Waals surface area contributed by atoms with E-state index in [4.69, 9.17) is 4.42 Å². The summed E-state index contributed by atoms with van der Waals surface area (Å²) in [4.78, 5) is 41.5. The van der Waals surface area contributed by atoms with Gasteiger partial charge in [0.05, 0.1) is 6.26 Å². The van der Waals surface area contributed by atoms with Crippen molar-refractivity contribution in [2.24, 2.45) is 11.8 Å². The molecular weight excluding hydrogens is 346 g/mol. The lowest BCUT2D eigenvalue weighted by atomic mass is 9.93. The van der Waals surface area contributed by atoms with Crippen LogP contribution in [-0.2, 0) is 9.59 Å². The molecule has 1 atom stereocenters. The Morgan fingerprint density at radius 3 is 2.30 bits per heavy atom. The van der Waals surface area contributed by atoms with E-state index in [1.54, 1.807) is 17.0 Å². The molecule has 0 bridgehead atoms. The monoisotopic (exact) mass is 375 g/mol. The van der Waals surface area contributed by atoms with Crippen LogP contribution in [0.15, 0.2) is 22.8 Å². The highest BCUT2D eigenvalue weighted by Crippen LogP contribution is 2.23. The molecule has 7 nitrogen and oxygen atoms in total. The van der Waals surface area contributed by atoms with E-state index in [0.29, 0.717) is 25.9 Å². The summed E-state index contributed by atoms with van der Waals surface area (Å²) >= 11 is 0. The molecule has 27 heavy (non-hydrogen) atoms. The Labute approximate surface area is 160 Å². The molecule has 2 saturated heterocycles. The summed E-state index contributed by atoms with van der Waals surface area (Å²) in [6, 6.07) is 2.61. The largest absolute Gasteiger partial charge is 0.459 e. The summed E-state index contributed by atoms with van der Waals surface area (Å²) in [5.74, 6) is -0.0552. The highest BCUT2D eigenvalue weighted by atomic mass is 16.3. The van der Waals surface area contributed by atoms with Crippen LogP contribution in [0, 0.1) is 11.8 Å². The molecule has 1 unspecified atom stereocenters. The summed E-state index contributed by atoms with van der Waals surface area (Å²) in [5, 5.41) is 2.80.